The second-order valence-electron chi connectivity index (χ2n) is 5.12. The molecule has 21 heavy (non-hydrogen) atoms. The van der Waals surface area contributed by atoms with E-state index in [1.54, 1.807) is 24.3 Å². The van der Waals surface area contributed by atoms with E-state index in [-0.39, 0.29) is 4.90 Å². The van der Waals surface area contributed by atoms with Crippen LogP contribution in [-0.4, -0.2) is 13.0 Å². The highest BCUT2D eigenvalue weighted by Crippen LogP contribution is 2.22. The zero-order chi connectivity index (χ0) is 15.0. The van der Waals surface area contributed by atoms with Crippen molar-refractivity contribution < 1.29 is 8.42 Å². The molecule has 1 aromatic heterocycles. The number of aromatic nitrogens is 1. The zero-order valence-electron chi connectivity index (χ0n) is 11.9. The Labute approximate surface area is 124 Å². The Hall–Kier alpha value is -2.27. The van der Waals surface area contributed by atoms with Crippen LogP contribution in [0.5, 0.6) is 0 Å². The van der Waals surface area contributed by atoms with Gasteiger partial charge in [-0.25, -0.2) is 8.42 Å². The molecular formula is C16H16N2O2S. The number of fused-ring (bicyclic) bond motifs is 1. The molecule has 0 radical (unpaired) electrons. The van der Waals surface area contributed by atoms with Gasteiger partial charge in [0.25, 0.3) is 10.0 Å². The number of hydrogen-bond acceptors (Lipinski definition) is 2. The van der Waals surface area contributed by atoms with E-state index in [1.807, 2.05) is 49.0 Å². The number of rotatable bonds is 3. The summed E-state index contributed by atoms with van der Waals surface area (Å²) in [6, 6.07) is 14.3. The van der Waals surface area contributed by atoms with Gasteiger partial charge in [0.1, 0.15) is 0 Å². The number of nitrogens with one attached hydrogen (secondary N) is 1. The van der Waals surface area contributed by atoms with Gasteiger partial charge in [0.15, 0.2) is 0 Å². The van der Waals surface area contributed by atoms with Crippen molar-refractivity contribution in [2.75, 3.05) is 4.72 Å². The van der Waals surface area contributed by atoms with Crippen molar-refractivity contribution in [3.8, 4) is 0 Å². The maximum atomic E-state index is 12.4. The summed E-state index contributed by atoms with van der Waals surface area (Å²) in [5.74, 6) is 0. The van der Waals surface area contributed by atoms with Gasteiger partial charge >= 0.3 is 0 Å². The van der Waals surface area contributed by atoms with Crippen molar-refractivity contribution in [3.63, 3.8) is 0 Å². The van der Waals surface area contributed by atoms with E-state index >= 15 is 0 Å². The molecule has 0 fully saturated rings. The summed E-state index contributed by atoms with van der Waals surface area (Å²) in [5, 5.41) is 1.00. The van der Waals surface area contributed by atoms with E-state index in [0.29, 0.717) is 5.69 Å². The summed E-state index contributed by atoms with van der Waals surface area (Å²) in [7, 11) is -1.60. The van der Waals surface area contributed by atoms with Gasteiger partial charge in [0.05, 0.1) is 4.90 Å². The van der Waals surface area contributed by atoms with Crippen molar-refractivity contribution >= 4 is 26.6 Å². The normalized spacial score (nSPS) is 11.7. The lowest BCUT2D eigenvalue weighted by molar-refractivity contribution is 0.601. The first kappa shape index (κ1) is 13.7. The van der Waals surface area contributed by atoms with Gasteiger partial charge in [0.2, 0.25) is 0 Å². The fourth-order valence-electron chi connectivity index (χ4n) is 2.34. The Bertz CT molecular complexity index is 911. The maximum absolute atomic E-state index is 12.4. The van der Waals surface area contributed by atoms with Crippen LogP contribution < -0.4 is 4.72 Å². The molecule has 0 saturated heterocycles. The molecule has 0 aliphatic heterocycles. The van der Waals surface area contributed by atoms with E-state index in [2.05, 4.69) is 4.72 Å². The summed E-state index contributed by atoms with van der Waals surface area (Å²) in [6.45, 7) is 1.87. The van der Waals surface area contributed by atoms with Crippen molar-refractivity contribution in [2.45, 2.75) is 11.8 Å². The zero-order valence-corrected chi connectivity index (χ0v) is 12.7. The molecule has 1 heterocycles. The molecule has 3 rings (SSSR count). The first-order valence-electron chi connectivity index (χ1n) is 6.60. The van der Waals surface area contributed by atoms with Gasteiger partial charge < -0.3 is 4.57 Å². The quantitative estimate of drug-likeness (QED) is 0.807. The predicted molar refractivity (Wildman–Crippen MR) is 84.9 cm³/mol. The van der Waals surface area contributed by atoms with Crippen LogP contribution in [0.25, 0.3) is 10.9 Å². The van der Waals surface area contributed by atoms with Gasteiger partial charge in [-0.3, -0.25) is 4.72 Å². The Kier molecular flexibility index (Phi) is 3.22. The molecule has 2 aromatic carbocycles. The van der Waals surface area contributed by atoms with Crippen LogP contribution in [0.2, 0.25) is 0 Å². The standard InChI is InChI=1S/C16H16N2O2S/c1-12-4-3-5-15(10-12)21(19,20)17-14-6-7-16-13(11-14)8-9-18(16)2/h3-11,17H,1-2H3. The number of nitrogens with zero attached hydrogens (tertiary/aromatic N) is 1. The van der Waals surface area contributed by atoms with E-state index in [0.717, 1.165) is 16.5 Å². The molecule has 108 valence electrons. The summed E-state index contributed by atoms with van der Waals surface area (Å²) in [5.41, 5.74) is 2.54. The highest BCUT2D eigenvalue weighted by Gasteiger charge is 2.14. The molecule has 0 amide bonds. The molecule has 0 unspecified atom stereocenters. The Morgan fingerprint density at radius 2 is 1.86 bits per heavy atom. The van der Waals surface area contributed by atoms with Crippen LogP contribution in [0, 0.1) is 6.92 Å². The Balaban J connectivity index is 1.97. The lowest BCUT2D eigenvalue weighted by Gasteiger charge is -2.09. The van der Waals surface area contributed by atoms with Crippen molar-refractivity contribution in [3.05, 3.63) is 60.3 Å². The highest BCUT2D eigenvalue weighted by molar-refractivity contribution is 7.92. The molecule has 0 bridgehead atoms. The second-order valence-corrected chi connectivity index (χ2v) is 6.80. The fourth-order valence-corrected chi connectivity index (χ4v) is 3.50. The van der Waals surface area contributed by atoms with Crippen molar-refractivity contribution in [1.82, 2.24) is 4.57 Å². The smallest absolute Gasteiger partial charge is 0.261 e. The minimum Gasteiger partial charge on any atom is -0.351 e. The van der Waals surface area contributed by atoms with Gasteiger partial charge in [0, 0.05) is 29.8 Å². The Morgan fingerprint density at radius 1 is 1.05 bits per heavy atom. The van der Waals surface area contributed by atoms with Crippen LogP contribution in [0.4, 0.5) is 5.69 Å². The number of aryl methyl sites for hydroxylation is 2. The lowest BCUT2D eigenvalue weighted by Crippen LogP contribution is -2.12. The average molecular weight is 300 g/mol. The van der Waals surface area contributed by atoms with E-state index in [4.69, 9.17) is 0 Å². The minimum absolute atomic E-state index is 0.274. The number of hydrogen-bond donors (Lipinski definition) is 1. The minimum atomic E-state index is -3.55. The first-order valence-corrected chi connectivity index (χ1v) is 8.09. The second kappa shape index (κ2) is 4.93. The molecule has 0 aliphatic rings. The highest BCUT2D eigenvalue weighted by atomic mass is 32.2. The van der Waals surface area contributed by atoms with Crippen LogP contribution in [0.3, 0.4) is 0 Å². The fraction of sp³-hybridized carbons (Fsp3) is 0.125. The third-order valence-corrected chi connectivity index (χ3v) is 4.82. The number of benzene rings is 2. The maximum Gasteiger partial charge on any atom is 0.261 e. The van der Waals surface area contributed by atoms with Crippen molar-refractivity contribution in [2.24, 2.45) is 7.05 Å². The van der Waals surface area contributed by atoms with E-state index in [9.17, 15) is 8.42 Å². The molecule has 5 heteroatoms. The van der Waals surface area contributed by atoms with Gasteiger partial charge in [-0.05, 0) is 48.9 Å². The van der Waals surface area contributed by atoms with Gasteiger partial charge in [-0.2, -0.15) is 0 Å². The molecule has 0 saturated carbocycles. The molecule has 0 atom stereocenters. The van der Waals surface area contributed by atoms with Gasteiger partial charge in [-0.1, -0.05) is 12.1 Å². The van der Waals surface area contributed by atoms with Crippen molar-refractivity contribution in [1.29, 1.82) is 0 Å². The number of sulfonamides is 1. The van der Waals surface area contributed by atoms with Crippen LogP contribution in [-0.2, 0) is 17.1 Å². The largest absolute Gasteiger partial charge is 0.351 e. The molecule has 1 N–H and O–H groups in total. The first-order chi connectivity index (χ1) is 9.95. The predicted octanol–water partition coefficient (Wildman–Crippen LogP) is 3.29. The van der Waals surface area contributed by atoms with Crippen LogP contribution >= 0.6 is 0 Å². The number of anilines is 1. The Morgan fingerprint density at radius 3 is 2.62 bits per heavy atom. The third-order valence-electron chi connectivity index (χ3n) is 3.44. The summed E-state index contributed by atoms with van der Waals surface area (Å²) < 4.78 is 29.4. The summed E-state index contributed by atoms with van der Waals surface area (Å²) >= 11 is 0. The molecule has 4 nitrogen and oxygen atoms in total. The summed E-state index contributed by atoms with van der Waals surface area (Å²) in [6.07, 6.45) is 1.95. The average Bonchev–Trinajstić information content (AvgIpc) is 2.79. The molecule has 0 aliphatic carbocycles. The lowest BCUT2D eigenvalue weighted by atomic mass is 10.2. The van der Waals surface area contributed by atoms with E-state index in [1.165, 1.54) is 0 Å². The summed E-state index contributed by atoms with van der Waals surface area (Å²) in [4.78, 5) is 0.274. The topological polar surface area (TPSA) is 51.1 Å². The molecule has 3 aromatic rings. The van der Waals surface area contributed by atoms with Crippen LogP contribution in [0.15, 0.2) is 59.6 Å². The van der Waals surface area contributed by atoms with Crippen LogP contribution in [0.1, 0.15) is 5.56 Å². The molecule has 0 spiro atoms. The van der Waals surface area contributed by atoms with Gasteiger partial charge in [-0.15, -0.1) is 0 Å². The molecular weight excluding hydrogens is 284 g/mol. The van der Waals surface area contributed by atoms with E-state index < -0.39 is 10.0 Å². The monoisotopic (exact) mass is 300 g/mol. The third kappa shape index (κ3) is 2.64. The SMILES string of the molecule is Cc1cccc(S(=O)(=O)Nc2ccc3c(ccn3C)c2)c1.